The molecule has 1 saturated heterocycles. The molecule has 0 bridgehead atoms. The summed E-state index contributed by atoms with van der Waals surface area (Å²) in [5.41, 5.74) is 3.36. The molecule has 4 heterocycles. The summed E-state index contributed by atoms with van der Waals surface area (Å²) < 4.78 is 1.74. The second kappa shape index (κ2) is 5.87. The second-order valence-electron chi connectivity index (χ2n) is 6.42. The summed E-state index contributed by atoms with van der Waals surface area (Å²) in [5, 5.41) is 11.6. The fourth-order valence-corrected chi connectivity index (χ4v) is 3.37. The number of fused-ring (bicyclic) bond motifs is 1. The predicted octanol–water partition coefficient (Wildman–Crippen LogP) is 1.42. The van der Waals surface area contributed by atoms with Gasteiger partial charge >= 0.3 is 0 Å². The normalized spacial score (nSPS) is 18.4. The molecule has 130 valence electrons. The number of rotatable bonds is 3. The molecule has 3 aromatic heterocycles. The number of carbonyl (C=O) groups excluding carboxylic acids is 1. The lowest BCUT2D eigenvalue weighted by Gasteiger charge is -2.39. The van der Waals surface area contributed by atoms with Crippen molar-refractivity contribution in [1.82, 2.24) is 29.9 Å². The number of nitrogens with zero attached hydrogens (tertiary/aromatic N) is 6. The fraction of sp³-hybridized carbons (Fsp3) is 0.412. The Labute approximate surface area is 145 Å². The van der Waals surface area contributed by atoms with Crippen LogP contribution in [-0.4, -0.2) is 61.9 Å². The third kappa shape index (κ3) is 2.54. The van der Waals surface area contributed by atoms with Crippen molar-refractivity contribution in [2.24, 2.45) is 7.05 Å². The maximum absolute atomic E-state index is 12.5. The van der Waals surface area contributed by atoms with Gasteiger partial charge in [-0.3, -0.25) is 14.6 Å². The first-order chi connectivity index (χ1) is 12.1. The molecule has 1 unspecified atom stereocenters. The minimum atomic E-state index is -0.169. The van der Waals surface area contributed by atoms with Gasteiger partial charge in [0.2, 0.25) is 5.91 Å². The highest BCUT2D eigenvalue weighted by molar-refractivity contribution is 5.91. The highest BCUT2D eigenvalue weighted by Crippen LogP contribution is 2.28. The summed E-state index contributed by atoms with van der Waals surface area (Å²) in [6.45, 7) is 3.52. The topological polar surface area (TPSA) is 82.9 Å². The number of hydrogen-bond acceptors (Lipinski definition) is 5. The standard InChI is InChI=1S/C17H21N7O/c1-4-13-17(25)22(2)7-8-24(13)14-6-5-12-16(19-14)15(21-20-12)11-9-18-23(3)10-11/h5-6,9-10,13H,4,7-8H2,1-3H3,(H,20,21). The first-order valence-electron chi connectivity index (χ1n) is 8.44. The van der Waals surface area contributed by atoms with E-state index in [2.05, 4.69) is 20.2 Å². The van der Waals surface area contributed by atoms with Crippen LogP contribution in [-0.2, 0) is 11.8 Å². The molecule has 25 heavy (non-hydrogen) atoms. The Hall–Kier alpha value is -2.90. The van der Waals surface area contributed by atoms with E-state index in [0.29, 0.717) is 6.54 Å². The van der Waals surface area contributed by atoms with Crippen molar-refractivity contribution in [1.29, 1.82) is 0 Å². The third-order valence-electron chi connectivity index (χ3n) is 4.77. The third-order valence-corrected chi connectivity index (χ3v) is 4.77. The average Bonchev–Trinajstić information content (AvgIpc) is 3.22. The molecule has 0 aromatic carbocycles. The van der Waals surface area contributed by atoms with Gasteiger partial charge < -0.3 is 9.80 Å². The first-order valence-corrected chi connectivity index (χ1v) is 8.44. The van der Waals surface area contributed by atoms with Crippen molar-refractivity contribution >= 4 is 22.8 Å². The van der Waals surface area contributed by atoms with Crippen molar-refractivity contribution in [3.05, 3.63) is 24.5 Å². The number of piperazine rings is 1. The summed E-state index contributed by atoms with van der Waals surface area (Å²) in [4.78, 5) is 21.2. The zero-order valence-electron chi connectivity index (χ0n) is 14.6. The molecule has 1 amide bonds. The molecule has 8 heteroatoms. The Morgan fingerprint density at radius 1 is 1.28 bits per heavy atom. The molecule has 1 aliphatic heterocycles. The quantitative estimate of drug-likeness (QED) is 0.780. The molecule has 4 rings (SSSR count). The number of likely N-dealkylation sites (N-methyl/N-ethyl adjacent to an activating group) is 1. The van der Waals surface area contributed by atoms with Crippen molar-refractivity contribution < 1.29 is 4.79 Å². The average molecular weight is 339 g/mol. The number of aromatic nitrogens is 5. The van der Waals surface area contributed by atoms with Gasteiger partial charge in [0, 0.05) is 38.9 Å². The van der Waals surface area contributed by atoms with Crippen molar-refractivity contribution in [2.75, 3.05) is 25.0 Å². The van der Waals surface area contributed by atoms with Crippen LogP contribution >= 0.6 is 0 Å². The van der Waals surface area contributed by atoms with Crippen molar-refractivity contribution in [2.45, 2.75) is 19.4 Å². The zero-order valence-corrected chi connectivity index (χ0v) is 14.6. The molecule has 3 aromatic rings. The van der Waals surface area contributed by atoms with Gasteiger partial charge in [0.05, 0.1) is 11.7 Å². The molecule has 0 aliphatic carbocycles. The maximum Gasteiger partial charge on any atom is 0.245 e. The van der Waals surface area contributed by atoms with E-state index in [1.54, 1.807) is 15.8 Å². The first kappa shape index (κ1) is 15.6. The summed E-state index contributed by atoms with van der Waals surface area (Å²) >= 11 is 0. The van der Waals surface area contributed by atoms with Gasteiger partial charge in [-0.2, -0.15) is 10.2 Å². The number of amides is 1. The summed E-state index contributed by atoms with van der Waals surface area (Å²) in [5.74, 6) is 0.961. The number of pyridine rings is 1. The Balaban J connectivity index is 1.77. The molecule has 1 fully saturated rings. The number of nitrogens with one attached hydrogen (secondary N) is 1. The highest BCUT2D eigenvalue weighted by Gasteiger charge is 2.32. The van der Waals surface area contributed by atoms with Crippen LogP contribution in [0, 0.1) is 0 Å². The van der Waals surface area contributed by atoms with Crippen LogP contribution in [0.25, 0.3) is 22.3 Å². The number of aryl methyl sites for hydroxylation is 1. The van der Waals surface area contributed by atoms with Gasteiger partial charge in [-0.15, -0.1) is 0 Å². The van der Waals surface area contributed by atoms with Crippen molar-refractivity contribution in [3.8, 4) is 11.3 Å². The largest absolute Gasteiger partial charge is 0.343 e. The van der Waals surface area contributed by atoms with E-state index in [0.717, 1.165) is 41.1 Å². The van der Waals surface area contributed by atoms with E-state index in [9.17, 15) is 4.79 Å². The van der Waals surface area contributed by atoms with E-state index in [4.69, 9.17) is 4.98 Å². The van der Waals surface area contributed by atoms with E-state index in [1.807, 2.05) is 39.3 Å². The van der Waals surface area contributed by atoms with Gasteiger partial charge in [0.1, 0.15) is 23.1 Å². The lowest BCUT2D eigenvalue weighted by molar-refractivity contribution is -0.132. The Morgan fingerprint density at radius 3 is 2.84 bits per heavy atom. The number of carbonyl (C=O) groups is 1. The Morgan fingerprint density at radius 2 is 2.12 bits per heavy atom. The number of anilines is 1. The van der Waals surface area contributed by atoms with E-state index < -0.39 is 0 Å². The molecule has 0 radical (unpaired) electrons. The lowest BCUT2D eigenvalue weighted by Crippen LogP contribution is -2.55. The molecule has 8 nitrogen and oxygen atoms in total. The van der Waals surface area contributed by atoms with Crippen LogP contribution in [0.2, 0.25) is 0 Å². The van der Waals surface area contributed by atoms with Gasteiger partial charge in [0.15, 0.2) is 0 Å². The monoisotopic (exact) mass is 339 g/mol. The van der Waals surface area contributed by atoms with Crippen LogP contribution in [0.4, 0.5) is 5.82 Å². The molecular formula is C17H21N7O. The molecule has 1 aliphatic rings. The number of hydrogen-bond donors (Lipinski definition) is 1. The summed E-state index contributed by atoms with van der Waals surface area (Å²) in [6.07, 6.45) is 4.44. The van der Waals surface area contributed by atoms with Crippen LogP contribution in [0.5, 0.6) is 0 Å². The Bertz CT molecular complexity index is 928. The molecule has 0 spiro atoms. The lowest BCUT2D eigenvalue weighted by atomic mass is 10.1. The SMILES string of the molecule is CCC1C(=O)N(C)CCN1c1ccc2[nH]nc(-c3cnn(C)c3)c2n1. The molecule has 1 atom stereocenters. The van der Waals surface area contributed by atoms with Crippen molar-refractivity contribution in [3.63, 3.8) is 0 Å². The van der Waals surface area contributed by atoms with Gasteiger partial charge in [-0.05, 0) is 18.6 Å². The van der Waals surface area contributed by atoms with Gasteiger partial charge in [0.25, 0.3) is 0 Å². The zero-order chi connectivity index (χ0) is 17.6. The predicted molar refractivity (Wildman–Crippen MR) is 95.2 cm³/mol. The van der Waals surface area contributed by atoms with E-state index in [1.165, 1.54) is 0 Å². The second-order valence-corrected chi connectivity index (χ2v) is 6.42. The maximum atomic E-state index is 12.5. The van der Waals surface area contributed by atoms with Crippen LogP contribution in [0.1, 0.15) is 13.3 Å². The smallest absolute Gasteiger partial charge is 0.245 e. The van der Waals surface area contributed by atoms with E-state index >= 15 is 0 Å². The molecular weight excluding hydrogens is 318 g/mol. The molecule has 1 N–H and O–H groups in total. The van der Waals surface area contributed by atoms with Gasteiger partial charge in [-0.1, -0.05) is 6.92 Å². The minimum absolute atomic E-state index is 0.148. The number of H-pyrrole nitrogens is 1. The van der Waals surface area contributed by atoms with E-state index in [-0.39, 0.29) is 11.9 Å². The Kier molecular flexibility index (Phi) is 3.67. The summed E-state index contributed by atoms with van der Waals surface area (Å²) in [6, 6.07) is 3.76. The van der Waals surface area contributed by atoms with Crippen LogP contribution in [0.15, 0.2) is 24.5 Å². The summed E-state index contributed by atoms with van der Waals surface area (Å²) in [7, 11) is 3.73. The minimum Gasteiger partial charge on any atom is -0.343 e. The van der Waals surface area contributed by atoms with Gasteiger partial charge in [-0.25, -0.2) is 4.98 Å². The fourth-order valence-electron chi connectivity index (χ4n) is 3.37. The number of aromatic amines is 1. The van der Waals surface area contributed by atoms with Crippen LogP contribution in [0.3, 0.4) is 0 Å². The van der Waals surface area contributed by atoms with Crippen LogP contribution < -0.4 is 4.90 Å². The molecule has 0 saturated carbocycles. The highest BCUT2D eigenvalue weighted by atomic mass is 16.2.